The summed E-state index contributed by atoms with van der Waals surface area (Å²) in [5.41, 5.74) is 4.17. The first-order valence-corrected chi connectivity index (χ1v) is 9.00. The van der Waals surface area contributed by atoms with Crippen molar-refractivity contribution in [2.24, 2.45) is 5.10 Å². The molecule has 3 rings (SSSR count). The van der Waals surface area contributed by atoms with Gasteiger partial charge in [-0.05, 0) is 25.1 Å². The molecule has 4 nitrogen and oxygen atoms in total. The average molecular weight is 359 g/mol. The highest BCUT2D eigenvalue weighted by Crippen LogP contribution is 2.28. The number of para-hydroxylation sites is 1. The van der Waals surface area contributed by atoms with Gasteiger partial charge < -0.3 is 0 Å². The standard InChI is InChI=1S/C17H14FN3OS2/c1-11(12-6-2-3-7-13(12)18)20-21-16(22)10-23-17-19-14-8-4-5-9-15(14)24-17/h2-9H,10H2,1H3,(H,21,22)/b20-11-. The maximum absolute atomic E-state index is 13.6. The first kappa shape index (κ1) is 16.6. The van der Waals surface area contributed by atoms with E-state index in [4.69, 9.17) is 0 Å². The molecule has 0 fully saturated rings. The number of carbonyl (C=O) groups is 1. The summed E-state index contributed by atoms with van der Waals surface area (Å²) in [7, 11) is 0. The van der Waals surface area contributed by atoms with Crippen molar-refractivity contribution < 1.29 is 9.18 Å². The van der Waals surface area contributed by atoms with E-state index in [0.717, 1.165) is 14.6 Å². The molecular formula is C17H14FN3OS2. The highest BCUT2D eigenvalue weighted by Gasteiger charge is 2.08. The molecular weight excluding hydrogens is 345 g/mol. The van der Waals surface area contributed by atoms with Gasteiger partial charge in [-0.25, -0.2) is 14.8 Å². The topological polar surface area (TPSA) is 54.4 Å². The number of thiazole rings is 1. The molecule has 0 aliphatic rings. The molecule has 0 radical (unpaired) electrons. The Morgan fingerprint density at radius 1 is 1.25 bits per heavy atom. The number of hydrogen-bond donors (Lipinski definition) is 1. The molecule has 7 heteroatoms. The lowest BCUT2D eigenvalue weighted by Crippen LogP contribution is -2.21. The van der Waals surface area contributed by atoms with Gasteiger partial charge in [-0.15, -0.1) is 11.3 Å². The van der Waals surface area contributed by atoms with Crippen molar-refractivity contribution in [3.05, 3.63) is 59.9 Å². The molecule has 0 aliphatic heterocycles. The maximum Gasteiger partial charge on any atom is 0.250 e. The molecule has 1 amide bonds. The van der Waals surface area contributed by atoms with Crippen LogP contribution in [0.5, 0.6) is 0 Å². The van der Waals surface area contributed by atoms with Crippen LogP contribution in [0.15, 0.2) is 58.0 Å². The van der Waals surface area contributed by atoms with Crippen molar-refractivity contribution in [2.45, 2.75) is 11.3 Å². The van der Waals surface area contributed by atoms with E-state index in [0.29, 0.717) is 11.3 Å². The van der Waals surface area contributed by atoms with Gasteiger partial charge in [-0.1, -0.05) is 42.1 Å². The Morgan fingerprint density at radius 2 is 2.00 bits per heavy atom. The van der Waals surface area contributed by atoms with Gasteiger partial charge in [-0.3, -0.25) is 4.79 Å². The van der Waals surface area contributed by atoms with E-state index in [-0.39, 0.29) is 17.5 Å². The second-order valence-electron chi connectivity index (χ2n) is 4.95. The number of hydrogen-bond acceptors (Lipinski definition) is 5. The first-order valence-electron chi connectivity index (χ1n) is 7.20. The summed E-state index contributed by atoms with van der Waals surface area (Å²) >= 11 is 2.91. The highest BCUT2D eigenvalue weighted by atomic mass is 32.2. The van der Waals surface area contributed by atoms with Crippen LogP contribution in [-0.2, 0) is 4.79 Å². The molecule has 122 valence electrons. The van der Waals surface area contributed by atoms with E-state index in [9.17, 15) is 9.18 Å². The van der Waals surface area contributed by atoms with Crippen molar-refractivity contribution in [3.63, 3.8) is 0 Å². The highest BCUT2D eigenvalue weighted by molar-refractivity contribution is 8.01. The second-order valence-corrected chi connectivity index (χ2v) is 7.20. The van der Waals surface area contributed by atoms with Crippen LogP contribution >= 0.6 is 23.1 Å². The average Bonchev–Trinajstić information content (AvgIpc) is 3.01. The minimum atomic E-state index is -0.364. The smallest absolute Gasteiger partial charge is 0.250 e. The van der Waals surface area contributed by atoms with Crippen molar-refractivity contribution in [1.82, 2.24) is 10.4 Å². The van der Waals surface area contributed by atoms with Gasteiger partial charge in [0.1, 0.15) is 5.82 Å². The lowest BCUT2D eigenvalue weighted by atomic mass is 10.1. The zero-order valence-corrected chi connectivity index (χ0v) is 14.5. The fraction of sp³-hybridized carbons (Fsp3) is 0.118. The van der Waals surface area contributed by atoms with E-state index in [1.807, 2.05) is 24.3 Å². The molecule has 0 unspecified atom stereocenters. The summed E-state index contributed by atoms with van der Waals surface area (Å²) in [6.07, 6.45) is 0. The summed E-state index contributed by atoms with van der Waals surface area (Å²) in [6.45, 7) is 1.65. The second kappa shape index (κ2) is 7.55. The van der Waals surface area contributed by atoms with Crippen LogP contribution in [0.1, 0.15) is 12.5 Å². The molecule has 2 aromatic carbocycles. The SMILES string of the molecule is C/C(=N/NC(=O)CSc1nc2ccccc2s1)c1ccccc1F. The zero-order chi connectivity index (χ0) is 16.9. The third-order valence-corrected chi connectivity index (χ3v) is 5.39. The van der Waals surface area contributed by atoms with Gasteiger partial charge in [0, 0.05) is 5.56 Å². The van der Waals surface area contributed by atoms with Crippen LogP contribution in [0.25, 0.3) is 10.2 Å². The largest absolute Gasteiger partial charge is 0.272 e. The number of carbonyl (C=O) groups excluding carboxylic acids is 1. The molecule has 24 heavy (non-hydrogen) atoms. The summed E-state index contributed by atoms with van der Waals surface area (Å²) in [5.74, 6) is -0.416. The number of thioether (sulfide) groups is 1. The quantitative estimate of drug-likeness (QED) is 0.424. The maximum atomic E-state index is 13.6. The molecule has 0 aliphatic carbocycles. The minimum Gasteiger partial charge on any atom is -0.272 e. The van der Waals surface area contributed by atoms with Gasteiger partial charge in [0.05, 0.1) is 21.7 Å². The number of amides is 1. The summed E-state index contributed by atoms with van der Waals surface area (Å²) in [4.78, 5) is 16.4. The number of nitrogens with one attached hydrogen (secondary N) is 1. The van der Waals surface area contributed by atoms with Crippen LogP contribution in [0.2, 0.25) is 0 Å². The van der Waals surface area contributed by atoms with Gasteiger partial charge in [0.25, 0.3) is 5.91 Å². The lowest BCUT2D eigenvalue weighted by molar-refractivity contribution is -0.118. The fourth-order valence-electron chi connectivity index (χ4n) is 2.03. The number of halogens is 1. The number of fused-ring (bicyclic) bond motifs is 1. The van der Waals surface area contributed by atoms with Gasteiger partial charge in [0.15, 0.2) is 4.34 Å². The van der Waals surface area contributed by atoms with E-state index >= 15 is 0 Å². The number of benzene rings is 2. The van der Waals surface area contributed by atoms with Gasteiger partial charge in [0.2, 0.25) is 0 Å². The predicted molar refractivity (Wildman–Crippen MR) is 97.1 cm³/mol. The Labute approximate surface area is 146 Å². The van der Waals surface area contributed by atoms with Crippen LogP contribution in [0.4, 0.5) is 4.39 Å². The Hall–Kier alpha value is -2.25. The molecule has 0 saturated carbocycles. The molecule has 0 atom stereocenters. The molecule has 1 aromatic heterocycles. The molecule has 1 N–H and O–H groups in total. The van der Waals surface area contributed by atoms with Crippen molar-refractivity contribution >= 4 is 44.9 Å². The lowest BCUT2D eigenvalue weighted by Gasteiger charge is -2.03. The van der Waals surface area contributed by atoms with Gasteiger partial charge in [-0.2, -0.15) is 5.10 Å². The predicted octanol–water partition coefficient (Wildman–Crippen LogP) is 4.07. The number of aromatic nitrogens is 1. The monoisotopic (exact) mass is 359 g/mol. The van der Waals surface area contributed by atoms with E-state index in [1.54, 1.807) is 36.5 Å². The summed E-state index contributed by atoms with van der Waals surface area (Å²) < 4.78 is 15.6. The van der Waals surface area contributed by atoms with Crippen LogP contribution < -0.4 is 5.43 Å². The van der Waals surface area contributed by atoms with Crippen molar-refractivity contribution in [3.8, 4) is 0 Å². The molecule has 1 heterocycles. The van der Waals surface area contributed by atoms with Crippen LogP contribution in [-0.4, -0.2) is 22.4 Å². The zero-order valence-electron chi connectivity index (χ0n) is 12.8. The number of rotatable bonds is 5. The Morgan fingerprint density at radius 3 is 2.79 bits per heavy atom. The Bertz CT molecular complexity index is 874. The minimum absolute atomic E-state index is 0.202. The number of hydrazone groups is 1. The van der Waals surface area contributed by atoms with E-state index in [2.05, 4.69) is 15.5 Å². The van der Waals surface area contributed by atoms with Crippen molar-refractivity contribution in [1.29, 1.82) is 0 Å². The van der Waals surface area contributed by atoms with E-state index in [1.165, 1.54) is 17.8 Å². The fourth-order valence-corrected chi connectivity index (χ4v) is 3.89. The normalized spacial score (nSPS) is 11.7. The summed E-state index contributed by atoms with van der Waals surface area (Å²) in [6, 6.07) is 14.2. The number of nitrogens with zero attached hydrogens (tertiary/aromatic N) is 2. The molecule has 3 aromatic rings. The Balaban J connectivity index is 1.57. The first-order chi connectivity index (χ1) is 11.6. The van der Waals surface area contributed by atoms with Crippen molar-refractivity contribution in [2.75, 3.05) is 5.75 Å². The third-order valence-electron chi connectivity index (χ3n) is 3.21. The van der Waals surface area contributed by atoms with Crippen LogP contribution in [0.3, 0.4) is 0 Å². The third kappa shape index (κ3) is 3.98. The van der Waals surface area contributed by atoms with Crippen LogP contribution in [0, 0.1) is 5.82 Å². The molecule has 0 bridgehead atoms. The molecule has 0 saturated heterocycles. The Kier molecular flexibility index (Phi) is 5.22. The van der Waals surface area contributed by atoms with E-state index < -0.39 is 0 Å². The summed E-state index contributed by atoms with van der Waals surface area (Å²) in [5, 5.41) is 3.96. The van der Waals surface area contributed by atoms with Gasteiger partial charge >= 0.3 is 0 Å². The molecule has 0 spiro atoms.